The van der Waals surface area contributed by atoms with Crippen LogP contribution in [0.3, 0.4) is 0 Å². The van der Waals surface area contributed by atoms with E-state index in [0.717, 1.165) is 41.5 Å². The van der Waals surface area contributed by atoms with Crippen molar-refractivity contribution in [3.8, 4) is 28.4 Å². The zero-order valence-corrected chi connectivity index (χ0v) is 15.6. The maximum absolute atomic E-state index is 5.47. The highest BCUT2D eigenvalue weighted by molar-refractivity contribution is 5.74. The molecule has 0 bridgehead atoms. The standard InChI is InChI=1S/C21H23N3O2/c1-13-6-5-7-17(14(13)2)24-21-16(10-11-22-21)20(23-24)15-8-9-18(25-3)19(12-15)26-4/h5-9,12,22H,10-11H2,1-4H3. The van der Waals surface area contributed by atoms with Gasteiger partial charge < -0.3 is 14.8 Å². The normalized spacial score (nSPS) is 12.6. The van der Waals surface area contributed by atoms with Gasteiger partial charge in [-0.3, -0.25) is 0 Å². The first-order valence-electron chi connectivity index (χ1n) is 8.78. The van der Waals surface area contributed by atoms with Gasteiger partial charge in [-0.25, -0.2) is 4.68 Å². The van der Waals surface area contributed by atoms with Crippen LogP contribution in [-0.4, -0.2) is 30.5 Å². The topological polar surface area (TPSA) is 48.3 Å². The molecule has 1 aliphatic rings. The van der Waals surface area contributed by atoms with Crippen molar-refractivity contribution in [2.45, 2.75) is 20.3 Å². The lowest BCUT2D eigenvalue weighted by molar-refractivity contribution is 0.355. The number of hydrogen-bond acceptors (Lipinski definition) is 4. The average molecular weight is 349 g/mol. The second-order valence-corrected chi connectivity index (χ2v) is 6.55. The van der Waals surface area contributed by atoms with E-state index in [4.69, 9.17) is 14.6 Å². The largest absolute Gasteiger partial charge is 0.493 e. The number of nitrogens with one attached hydrogen (secondary N) is 1. The molecule has 1 aliphatic heterocycles. The van der Waals surface area contributed by atoms with Crippen LogP contribution in [0.4, 0.5) is 5.82 Å². The van der Waals surface area contributed by atoms with Crippen molar-refractivity contribution in [3.63, 3.8) is 0 Å². The summed E-state index contributed by atoms with van der Waals surface area (Å²) in [4.78, 5) is 0. The minimum Gasteiger partial charge on any atom is -0.493 e. The molecule has 0 atom stereocenters. The lowest BCUT2D eigenvalue weighted by Crippen LogP contribution is -2.06. The van der Waals surface area contributed by atoms with E-state index >= 15 is 0 Å². The van der Waals surface area contributed by atoms with E-state index in [0.29, 0.717) is 5.75 Å². The summed E-state index contributed by atoms with van der Waals surface area (Å²) in [5, 5.41) is 8.46. The Balaban J connectivity index is 1.89. The molecule has 0 amide bonds. The number of ether oxygens (including phenoxy) is 2. The van der Waals surface area contributed by atoms with Crippen molar-refractivity contribution in [3.05, 3.63) is 53.1 Å². The smallest absolute Gasteiger partial charge is 0.161 e. The molecule has 0 fully saturated rings. The lowest BCUT2D eigenvalue weighted by atomic mass is 10.1. The first-order chi connectivity index (χ1) is 12.6. The number of nitrogens with zero attached hydrogens (tertiary/aromatic N) is 2. The second-order valence-electron chi connectivity index (χ2n) is 6.55. The highest BCUT2D eigenvalue weighted by atomic mass is 16.5. The first-order valence-corrected chi connectivity index (χ1v) is 8.78. The molecule has 0 radical (unpaired) electrons. The van der Waals surface area contributed by atoms with Gasteiger partial charge in [0.2, 0.25) is 0 Å². The molecule has 134 valence electrons. The van der Waals surface area contributed by atoms with Crippen molar-refractivity contribution in [2.75, 3.05) is 26.1 Å². The maximum Gasteiger partial charge on any atom is 0.161 e. The van der Waals surface area contributed by atoms with Gasteiger partial charge >= 0.3 is 0 Å². The molecule has 4 rings (SSSR count). The number of aromatic nitrogens is 2. The van der Waals surface area contributed by atoms with Crippen molar-refractivity contribution in [1.82, 2.24) is 9.78 Å². The number of rotatable bonds is 4. The summed E-state index contributed by atoms with van der Waals surface area (Å²) in [5.41, 5.74) is 6.89. The van der Waals surface area contributed by atoms with Gasteiger partial charge in [-0.2, -0.15) is 5.10 Å². The number of methoxy groups -OCH3 is 2. The van der Waals surface area contributed by atoms with Crippen LogP contribution in [-0.2, 0) is 6.42 Å². The lowest BCUT2D eigenvalue weighted by Gasteiger charge is -2.11. The Morgan fingerprint density at radius 3 is 2.62 bits per heavy atom. The molecule has 26 heavy (non-hydrogen) atoms. The molecular formula is C21H23N3O2. The third-order valence-corrected chi connectivity index (χ3v) is 5.11. The van der Waals surface area contributed by atoms with Gasteiger partial charge in [-0.15, -0.1) is 0 Å². The Bertz CT molecular complexity index is 976. The van der Waals surface area contributed by atoms with Gasteiger partial charge in [0, 0.05) is 17.7 Å². The first kappa shape index (κ1) is 16.5. The van der Waals surface area contributed by atoms with Gasteiger partial charge in [0.05, 0.1) is 25.6 Å². The molecule has 0 saturated heterocycles. The molecule has 5 heteroatoms. The predicted octanol–water partition coefficient (Wildman–Crippen LogP) is 4.14. The van der Waals surface area contributed by atoms with E-state index in [9.17, 15) is 0 Å². The van der Waals surface area contributed by atoms with Crippen molar-refractivity contribution in [1.29, 1.82) is 0 Å². The monoisotopic (exact) mass is 349 g/mol. The van der Waals surface area contributed by atoms with Gasteiger partial charge in [0.25, 0.3) is 0 Å². The Hall–Kier alpha value is -2.95. The number of benzene rings is 2. The highest BCUT2D eigenvalue weighted by Gasteiger charge is 2.25. The van der Waals surface area contributed by atoms with Gasteiger partial charge in [0.15, 0.2) is 11.5 Å². The minimum absolute atomic E-state index is 0.714. The summed E-state index contributed by atoms with van der Waals surface area (Å²) in [6.45, 7) is 5.20. The van der Waals surface area contributed by atoms with Crippen molar-refractivity contribution < 1.29 is 9.47 Å². The van der Waals surface area contributed by atoms with Crippen LogP contribution >= 0.6 is 0 Å². The molecule has 2 aromatic carbocycles. The van der Waals surface area contributed by atoms with Crippen LogP contribution in [0.5, 0.6) is 11.5 Å². The predicted molar refractivity (Wildman–Crippen MR) is 104 cm³/mol. The van der Waals surface area contributed by atoms with Crippen LogP contribution in [0, 0.1) is 13.8 Å². The zero-order chi connectivity index (χ0) is 18.3. The number of aryl methyl sites for hydroxylation is 1. The van der Waals surface area contributed by atoms with Crippen LogP contribution in [0.2, 0.25) is 0 Å². The average Bonchev–Trinajstić information content (AvgIpc) is 3.26. The molecule has 3 aromatic rings. The summed E-state index contributed by atoms with van der Waals surface area (Å²) < 4.78 is 12.9. The molecule has 0 saturated carbocycles. The van der Waals surface area contributed by atoms with Gasteiger partial charge in [-0.1, -0.05) is 12.1 Å². The maximum atomic E-state index is 5.47. The van der Waals surface area contributed by atoms with Crippen LogP contribution < -0.4 is 14.8 Å². The molecule has 0 aliphatic carbocycles. The molecule has 2 heterocycles. The summed E-state index contributed by atoms with van der Waals surface area (Å²) in [5.74, 6) is 2.52. The number of anilines is 1. The summed E-state index contributed by atoms with van der Waals surface area (Å²) in [6, 6.07) is 12.3. The van der Waals surface area contributed by atoms with Crippen LogP contribution in [0.15, 0.2) is 36.4 Å². The number of fused-ring (bicyclic) bond motifs is 1. The van der Waals surface area contributed by atoms with E-state index in [1.807, 2.05) is 22.9 Å². The third kappa shape index (κ3) is 2.51. The molecular weight excluding hydrogens is 326 g/mol. The molecule has 1 aromatic heterocycles. The molecule has 0 unspecified atom stereocenters. The second kappa shape index (κ2) is 6.41. The third-order valence-electron chi connectivity index (χ3n) is 5.11. The summed E-state index contributed by atoms with van der Waals surface area (Å²) >= 11 is 0. The number of hydrogen-bond donors (Lipinski definition) is 1. The summed E-state index contributed by atoms with van der Waals surface area (Å²) in [7, 11) is 3.30. The van der Waals surface area contributed by atoms with Crippen molar-refractivity contribution >= 4 is 5.82 Å². The highest BCUT2D eigenvalue weighted by Crippen LogP contribution is 2.38. The van der Waals surface area contributed by atoms with E-state index in [-0.39, 0.29) is 0 Å². The minimum atomic E-state index is 0.714. The van der Waals surface area contributed by atoms with E-state index < -0.39 is 0 Å². The van der Waals surface area contributed by atoms with Gasteiger partial charge in [-0.05, 0) is 55.7 Å². The Labute approximate surface area is 153 Å². The quantitative estimate of drug-likeness (QED) is 0.769. The van der Waals surface area contributed by atoms with Crippen LogP contribution in [0.25, 0.3) is 16.9 Å². The molecule has 5 nitrogen and oxygen atoms in total. The van der Waals surface area contributed by atoms with Crippen molar-refractivity contribution in [2.24, 2.45) is 0 Å². The Morgan fingerprint density at radius 2 is 1.85 bits per heavy atom. The fraction of sp³-hybridized carbons (Fsp3) is 0.286. The zero-order valence-electron chi connectivity index (χ0n) is 15.6. The Kier molecular flexibility index (Phi) is 4.07. The van der Waals surface area contributed by atoms with Crippen LogP contribution in [0.1, 0.15) is 16.7 Å². The SMILES string of the molecule is COc1ccc(-c2nn(-c3cccc(C)c3C)c3c2CCN3)cc1OC. The Morgan fingerprint density at radius 1 is 1.04 bits per heavy atom. The van der Waals surface area contributed by atoms with E-state index in [1.165, 1.54) is 16.7 Å². The molecule has 1 N–H and O–H groups in total. The van der Waals surface area contributed by atoms with E-state index in [2.05, 4.69) is 37.4 Å². The van der Waals surface area contributed by atoms with E-state index in [1.54, 1.807) is 14.2 Å². The fourth-order valence-corrected chi connectivity index (χ4v) is 3.53. The fourth-order valence-electron chi connectivity index (χ4n) is 3.53. The van der Waals surface area contributed by atoms with Gasteiger partial charge in [0.1, 0.15) is 5.82 Å². The summed E-state index contributed by atoms with van der Waals surface area (Å²) in [6.07, 6.45) is 0.962. The molecule has 0 spiro atoms.